The first-order valence-electron chi connectivity index (χ1n) is 6.11. The molecule has 0 atom stereocenters. The molecule has 0 saturated heterocycles. The van der Waals surface area contributed by atoms with Crippen LogP contribution in [0.2, 0.25) is 0 Å². The van der Waals surface area contributed by atoms with Crippen molar-refractivity contribution in [3.8, 4) is 0 Å². The summed E-state index contributed by atoms with van der Waals surface area (Å²) in [6, 6.07) is 10.5. The summed E-state index contributed by atoms with van der Waals surface area (Å²) >= 11 is 1.40. The minimum atomic E-state index is 0. The van der Waals surface area contributed by atoms with E-state index in [0.29, 0.717) is 6.54 Å². The molecule has 0 aliphatic carbocycles. The number of nitrogens with zero attached hydrogens (tertiary/aromatic N) is 3. The maximum atomic E-state index is 5.65. The molecule has 0 bridgehead atoms. The summed E-state index contributed by atoms with van der Waals surface area (Å²) in [7, 11) is 0. The number of nitrogens with two attached hydrogens (primary N) is 1. The number of hydrogen-bond donors (Lipinski definition) is 1. The average molecular weight is 299 g/mol. The largest absolute Gasteiger partial charge is 0.329 e. The van der Waals surface area contributed by atoms with E-state index in [2.05, 4.69) is 38.8 Å². The Morgan fingerprint density at radius 3 is 2.58 bits per heavy atom. The minimum absolute atomic E-state index is 0. The minimum Gasteiger partial charge on any atom is -0.329 e. The molecule has 6 heteroatoms. The molecule has 0 amide bonds. The summed E-state index contributed by atoms with van der Waals surface area (Å²) in [5.74, 6) is 0. The van der Waals surface area contributed by atoms with Gasteiger partial charge in [-0.2, -0.15) is 0 Å². The lowest BCUT2D eigenvalue weighted by molar-refractivity contribution is 0.273. The van der Waals surface area contributed by atoms with Gasteiger partial charge in [-0.3, -0.25) is 4.90 Å². The normalized spacial score (nSPS) is 10.4. The molecule has 4 nitrogen and oxygen atoms in total. The van der Waals surface area contributed by atoms with E-state index in [4.69, 9.17) is 5.73 Å². The van der Waals surface area contributed by atoms with E-state index in [0.717, 1.165) is 31.7 Å². The van der Waals surface area contributed by atoms with Crippen LogP contribution >= 0.6 is 23.9 Å². The molecule has 104 valence electrons. The summed E-state index contributed by atoms with van der Waals surface area (Å²) in [5.41, 5.74) is 8.04. The molecule has 0 aliphatic heterocycles. The Balaban J connectivity index is 0.00000180. The quantitative estimate of drug-likeness (QED) is 0.849. The third-order valence-electron chi connectivity index (χ3n) is 2.80. The maximum absolute atomic E-state index is 5.65. The molecule has 0 radical (unpaired) electrons. The summed E-state index contributed by atoms with van der Waals surface area (Å²) < 4.78 is 3.89. The first-order valence-corrected chi connectivity index (χ1v) is 6.94. The van der Waals surface area contributed by atoms with Crippen molar-refractivity contribution in [2.24, 2.45) is 5.73 Å². The van der Waals surface area contributed by atoms with Crippen molar-refractivity contribution in [3.05, 3.63) is 47.0 Å². The molecule has 0 saturated carbocycles. The van der Waals surface area contributed by atoms with Gasteiger partial charge in [0.15, 0.2) is 0 Å². The van der Waals surface area contributed by atoms with E-state index in [1.165, 1.54) is 17.1 Å². The van der Waals surface area contributed by atoms with E-state index in [1.807, 2.05) is 11.4 Å². The smallest absolute Gasteiger partial charge is 0.0895 e. The third kappa shape index (κ3) is 5.65. The Labute approximate surface area is 124 Å². The van der Waals surface area contributed by atoms with Gasteiger partial charge in [0.2, 0.25) is 0 Å². The molecule has 2 rings (SSSR count). The van der Waals surface area contributed by atoms with E-state index in [9.17, 15) is 0 Å². The highest BCUT2D eigenvalue weighted by Gasteiger charge is 2.07. The summed E-state index contributed by atoms with van der Waals surface area (Å²) in [5, 5.41) is 6.07. The van der Waals surface area contributed by atoms with Crippen LogP contribution in [-0.2, 0) is 13.0 Å². The van der Waals surface area contributed by atoms with Gasteiger partial charge in [-0.1, -0.05) is 34.8 Å². The molecule has 0 fully saturated rings. The van der Waals surface area contributed by atoms with Crippen LogP contribution in [0.5, 0.6) is 0 Å². The molecule has 2 aromatic rings. The van der Waals surface area contributed by atoms with Crippen LogP contribution in [0, 0.1) is 0 Å². The van der Waals surface area contributed by atoms with Gasteiger partial charge in [-0.25, -0.2) is 0 Å². The average Bonchev–Trinajstić information content (AvgIpc) is 2.90. The summed E-state index contributed by atoms with van der Waals surface area (Å²) in [6.07, 6.45) is 1.04. The van der Waals surface area contributed by atoms with Crippen molar-refractivity contribution in [2.75, 3.05) is 19.6 Å². The molecule has 0 aliphatic rings. The van der Waals surface area contributed by atoms with E-state index >= 15 is 0 Å². The Kier molecular flexibility index (Phi) is 7.59. The maximum Gasteiger partial charge on any atom is 0.0895 e. The molecular formula is C13H19ClN4S. The number of aromatic nitrogens is 2. The number of benzene rings is 1. The zero-order valence-electron chi connectivity index (χ0n) is 10.7. The highest BCUT2D eigenvalue weighted by Crippen LogP contribution is 2.05. The third-order valence-corrected chi connectivity index (χ3v) is 3.35. The van der Waals surface area contributed by atoms with Crippen LogP contribution in [-0.4, -0.2) is 34.1 Å². The Morgan fingerprint density at radius 1 is 1.16 bits per heavy atom. The van der Waals surface area contributed by atoms with Gasteiger partial charge < -0.3 is 5.73 Å². The monoisotopic (exact) mass is 298 g/mol. The van der Waals surface area contributed by atoms with E-state index in [-0.39, 0.29) is 12.4 Å². The van der Waals surface area contributed by atoms with Crippen LogP contribution < -0.4 is 5.73 Å². The second-order valence-electron chi connectivity index (χ2n) is 4.20. The predicted molar refractivity (Wildman–Crippen MR) is 81.6 cm³/mol. The lowest BCUT2D eigenvalue weighted by Gasteiger charge is -2.20. The second kappa shape index (κ2) is 8.98. The molecule has 1 heterocycles. The summed E-state index contributed by atoms with van der Waals surface area (Å²) in [4.78, 5) is 2.32. The fraction of sp³-hybridized carbons (Fsp3) is 0.385. The Hall–Kier alpha value is -1.01. The zero-order valence-corrected chi connectivity index (χ0v) is 12.4. The molecule has 19 heavy (non-hydrogen) atoms. The predicted octanol–water partition coefficient (Wildman–Crippen LogP) is 1.96. The van der Waals surface area contributed by atoms with Crippen LogP contribution in [0.4, 0.5) is 0 Å². The fourth-order valence-corrected chi connectivity index (χ4v) is 2.31. The first-order chi connectivity index (χ1) is 8.88. The van der Waals surface area contributed by atoms with Crippen molar-refractivity contribution in [3.63, 3.8) is 0 Å². The number of halogens is 1. The summed E-state index contributed by atoms with van der Waals surface area (Å²) in [6.45, 7) is 3.40. The molecule has 2 N–H and O–H groups in total. The van der Waals surface area contributed by atoms with Gasteiger partial charge in [0.25, 0.3) is 0 Å². The lowest BCUT2D eigenvalue weighted by atomic mass is 10.1. The van der Waals surface area contributed by atoms with E-state index in [1.54, 1.807) is 0 Å². The molecule has 1 aromatic heterocycles. The Bertz CT molecular complexity index is 435. The van der Waals surface area contributed by atoms with Crippen molar-refractivity contribution in [2.45, 2.75) is 13.0 Å². The Morgan fingerprint density at radius 2 is 1.95 bits per heavy atom. The van der Waals surface area contributed by atoms with Gasteiger partial charge in [-0.15, -0.1) is 17.5 Å². The zero-order chi connectivity index (χ0) is 12.6. The second-order valence-corrected chi connectivity index (χ2v) is 4.81. The SMILES string of the molecule is Cl.NCCN(CCc1ccccc1)Cc1csnn1. The van der Waals surface area contributed by atoms with Crippen molar-refractivity contribution >= 4 is 23.9 Å². The highest BCUT2D eigenvalue weighted by molar-refractivity contribution is 7.03. The standard InChI is InChI=1S/C13H18N4S.ClH/c14-7-9-17(10-13-11-18-16-15-13)8-6-12-4-2-1-3-5-12;/h1-5,11H,6-10,14H2;1H. The van der Waals surface area contributed by atoms with Gasteiger partial charge in [0.05, 0.1) is 5.69 Å². The van der Waals surface area contributed by atoms with Crippen LogP contribution in [0.25, 0.3) is 0 Å². The van der Waals surface area contributed by atoms with Crippen molar-refractivity contribution in [1.29, 1.82) is 0 Å². The van der Waals surface area contributed by atoms with Gasteiger partial charge >= 0.3 is 0 Å². The number of rotatable bonds is 7. The van der Waals surface area contributed by atoms with Crippen molar-refractivity contribution in [1.82, 2.24) is 14.5 Å². The van der Waals surface area contributed by atoms with Gasteiger partial charge in [0.1, 0.15) is 0 Å². The highest BCUT2D eigenvalue weighted by atomic mass is 35.5. The van der Waals surface area contributed by atoms with Crippen LogP contribution in [0.15, 0.2) is 35.7 Å². The molecule has 0 spiro atoms. The number of hydrogen-bond acceptors (Lipinski definition) is 5. The lowest BCUT2D eigenvalue weighted by Crippen LogP contribution is -2.31. The van der Waals surface area contributed by atoms with Crippen LogP contribution in [0.3, 0.4) is 0 Å². The molecule has 0 unspecified atom stereocenters. The van der Waals surface area contributed by atoms with E-state index < -0.39 is 0 Å². The molecule has 1 aromatic carbocycles. The van der Waals surface area contributed by atoms with Gasteiger partial charge in [0, 0.05) is 31.6 Å². The fourth-order valence-electron chi connectivity index (χ4n) is 1.87. The van der Waals surface area contributed by atoms with Gasteiger partial charge in [-0.05, 0) is 23.5 Å². The topological polar surface area (TPSA) is 55.0 Å². The molecular weight excluding hydrogens is 280 g/mol. The van der Waals surface area contributed by atoms with Crippen molar-refractivity contribution < 1.29 is 0 Å². The first kappa shape index (κ1) is 16.0. The van der Waals surface area contributed by atoms with Crippen LogP contribution in [0.1, 0.15) is 11.3 Å².